The fraction of sp³-hybridized carbons (Fsp3) is 0.865. The molecule has 1 aliphatic heterocycles. The Balaban J connectivity index is 2.12. The van der Waals surface area contributed by atoms with Gasteiger partial charge in [-0.25, -0.2) is 4.79 Å². The topological polar surface area (TPSA) is 65.0 Å². The van der Waals surface area contributed by atoms with Crippen LogP contribution in [-0.2, 0) is 19.1 Å². The summed E-state index contributed by atoms with van der Waals surface area (Å²) in [6.07, 6.45) is 31.0. The van der Waals surface area contributed by atoms with Crippen molar-refractivity contribution >= 4 is 17.7 Å². The van der Waals surface area contributed by atoms with E-state index in [1.807, 2.05) is 13.8 Å². The van der Waals surface area contributed by atoms with Gasteiger partial charge in [0.25, 0.3) is 0 Å². The van der Waals surface area contributed by atoms with Gasteiger partial charge in [0.2, 0.25) is 0 Å². The number of esters is 2. The van der Waals surface area contributed by atoms with Gasteiger partial charge in [-0.1, -0.05) is 155 Å². The van der Waals surface area contributed by atoms with Gasteiger partial charge < -0.3 is 9.47 Å². The summed E-state index contributed by atoms with van der Waals surface area (Å²) >= 11 is 0. The molecular formula is C37H67NO4. The minimum Gasteiger partial charge on any atom is -0.465 e. The zero-order valence-electron chi connectivity index (χ0n) is 28.2. The van der Waals surface area contributed by atoms with Gasteiger partial charge in [0.1, 0.15) is 0 Å². The molecule has 0 aliphatic carbocycles. The highest BCUT2D eigenvalue weighted by molar-refractivity contribution is 6.04. The number of aliphatic imine (C=N–C) groups is 1. The fourth-order valence-corrected chi connectivity index (χ4v) is 5.81. The molecule has 1 unspecified atom stereocenters. The molecule has 0 saturated carbocycles. The van der Waals surface area contributed by atoms with Gasteiger partial charge in [0.05, 0.1) is 24.7 Å². The van der Waals surface area contributed by atoms with Crippen LogP contribution in [0.1, 0.15) is 188 Å². The highest BCUT2D eigenvalue weighted by Gasteiger charge is 2.31. The van der Waals surface area contributed by atoms with Gasteiger partial charge in [-0.2, -0.15) is 0 Å². The molecule has 42 heavy (non-hydrogen) atoms. The molecule has 1 rings (SSSR count). The second kappa shape index (κ2) is 26.9. The van der Waals surface area contributed by atoms with Crippen molar-refractivity contribution in [3.63, 3.8) is 0 Å². The molecular weight excluding hydrogens is 522 g/mol. The summed E-state index contributed by atoms with van der Waals surface area (Å²) < 4.78 is 11.2. The number of hydrogen-bond acceptors (Lipinski definition) is 5. The van der Waals surface area contributed by atoms with Crippen molar-refractivity contribution < 1.29 is 19.1 Å². The zero-order valence-corrected chi connectivity index (χ0v) is 28.2. The lowest BCUT2D eigenvalue weighted by molar-refractivity contribution is -0.146. The van der Waals surface area contributed by atoms with E-state index in [2.05, 4.69) is 18.8 Å². The molecule has 1 atom stereocenters. The van der Waals surface area contributed by atoms with E-state index < -0.39 is 5.92 Å². The Morgan fingerprint density at radius 3 is 1.33 bits per heavy atom. The first-order valence-electron chi connectivity index (χ1n) is 18.1. The van der Waals surface area contributed by atoms with E-state index in [-0.39, 0.29) is 11.9 Å². The summed E-state index contributed by atoms with van der Waals surface area (Å²) in [6.45, 7) is 9.09. The second-order valence-corrected chi connectivity index (χ2v) is 12.7. The van der Waals surface area contributed by atoms with Crippen LogP contribution in [-0.4, -0.2) is 30.9 Å². The van der Waals surface area contributed by atoms with Crippen molar-refractivity contribution in [3.05, 3.63) is 11.3 Å². The Kier molecular flexibility index (Phi) is 24.6. The smallest absolute Gasteiger partial charge is 0.335 e. The molecule has 0 N–H and O–H groups in total. The maximum absolute atomic E-state index is 12.8. The Morgan fingerprint density at radius 2 is 0.929 bits per heavy atom. The van der Waals surface area contributed by atoms with Crippen LogP contribution in [0.2, 0.25) is 0 Å². The Labute approximate surface area is 260 Å². The molecule has 0 aromatic carbocycles. The largest absolute Gasteiger partial charge is 0.465 e. The number of unbranched alkanes of at least 4 members (excludes halogenated alkanes) is 22. The lowest BCUT2D eigenvalue weighted by Crippen LogP contribution is -2.30. The third kappa shape index (κ3) is 19.5. The van der Waals surface area contributed by atoms with Gasteiger partial charge in [-0.15, -0.1) is 0 Å². The SMILES string of the molecule is CCCCCCCCCCCCCCOC(=O)C1=C(C)N=C(C)C(C(=O)OCCCCCCCCCCCCCC)C1. The van der Waals surface area contributed by atoms with Gasteiger partial charge >= 0.3 is 11.9 Å². The van der Waals surface area contributed by atoms with Crippen LogP contribution in [0, 0.1) is 5.92 Å². The molecule has 0 bridgehead atoms. The molecule has 1 heterocycles. The number of hydrogen-bond donors (Lipinski definition) is 0. The lowest BCUT2D eigenvalue weighted by Gasteiger charge is -2.22. The predicted octanol–water partition coefficient (Wildman–Crippen LogP) is 11.2. The summed E-state index contributed by atoms with van der Waals surface area (Å²) in [5.74, 6) is -1.08. The monoisotopic (exact) mass is 590 g/mol. The summed E-state index contributed by atoms with van der Waals surface area (Å²) in [4.78, 5) is 30.1. The molecule has 0 aromatic rings. The number of ether oxygens (including phenoxy) is 2. The molecule has 0 fully saturated rings. The standard InChI is InChI=1S/C37H67NO4/c1-5-7-9-11-13-15-17-19-21-23-25-27-29-41-36(39)34-31-35(33(4)38-32(34)3)37(40)42-30-28-26-24-22-20-18-16-14-12-10-8-6-2/h34H,5-31H2,1-4H3. The minimum atomic E-state index is -0.486. The third-order valence-electron chi connectivity index (χ3n) is 8.70. The third-order valence-corrected chi connectivity index (χ3v) is 8.70. The van der Waals surface area contributed by atoms with Crippen LogP contribution >= 0.6 is 0 Å². The maximum Gasteiger partial charge on any atom is 0.335 e. The average molecular weight is 590 g/mol. The van der Waals surface area contributed by atoms with Gasteiger partial charge in [-0.05, 0) is 33.1 Å². The Bertz CT molecular complexity index is 757. The van der Waals surface area contributed by atoms with Crippen molar-refractivity contribution in [3.8, 4) is 0 Å². The van der Waals surface area contributed by atoms with Crippen LogP contribution in [0.15, 0.2) is 16.3 Å². The van der Waals surface area contributed by atoms with Crippen molar-refractivity contribution in [1.29, 1.82) is 0 Å². The maximum atomic E-state index is 12.8. The number of allylic oxidation sites excluding steroid dienone is 1. The van der Waals surface area contributed by atoms with Crippen LogP contribution in [0.4, 0.5) is 0 Å². The molecule has 5 heteroatoms. The molecule has 0 aromatic heterocycles. The highest BCUT2D eigenvalue weighted by atomic mass is 16.5. The van der Waals surface area contributed by atoms with Crippen molar-refractivity contribution in [2.24, 2.45) is 10.9 Å². The number of carbonyl (C=O) groups excluding carboxylic acids is 2. The number of nitrogens with zero attached hydrogens (tertiary/aromatic N) is 1. The summed E-state index contributed by atoms with van der Waals surface area (Å²) in [5, 5.41) is 0. The molecule has 0 radical (unpaired) electrons. The molecule has 0 spiro atoms. The first-order valence-corrected chi connectivity index (χ1v) is 18.1. The highest BCUT2D eigenvalue weighted by Crippen LogP contribution is 2.26. The molecule has 1 aliphatic rings. The van der Waals surface area contributed by atoms with E-state index >= 15 is 0 Å². The first kappa shape index (κ1) is 38.4. The summed E-state index contributed by atoms with van der Waals surface area (Å²) in [7, 11) is 0. The van der Waals surface area contributed by atoms with Gasteiger partial charge in [0.15, 0.2) is 0 Å². The lowest BCUT2D eigenvalue weighted by atomic mass is 9.91. The van der Waals surface area contributed by atoms with E-state index in [0.29, 0.717) is 30.9 Å². The van der Waals surface area contributed by atoms with Crippen LogP contribution < -0.4 is 0 Å². The van der Waals surface area contributed by atoms with E-state index in [0.717, 1.165) is 31.4 Å². The van der Waals surface area contributed by atoms with Gasteiger partial charge in [-0.3, -0.25) is 9.79 Å². The summed E-state index contributed by atoms with van der Waals surface area (Å²) in [5.41, 5.74) is 1.91. The Morgan fingerprint density at radius 1 is 0.571 bits per heavy atom. The fourth-order valence-electron chi connectivity index (χ4n) is 5.81. The number of carbonyl (C=O) groups is 2. The molecule has 0 saturated heterocycles. The van der Waals surface area contributed by atoms with E-state index in [9.17, 15) is 9.59 Å². The minimum absolute atomic E-state index is 0.266. The van der Waals surface area contributed by atoms with Crippen molar-refractivity contribution in [2.75, 3.05) is 13.2 Å². The van der Waals surface area contributed by atoms with Crippen molar-refractivity contribution in [2.45, 2.75) is 188 Å². The first-order chi connectivity index (χ1) is 20.5. The Hall–Kier alpha value is -1.65. The van der Waals surface area contributed by atoms with Crippen molar-refractivity contribution in [1.82, 2.24) is 0 Å². The quantitative estimate of drug-likeness (QED) is 0.0672. The van der Waals surface area contributed by atoms with Crippen LogP contribution in [0.3, 0.4) is 0 Å². The molecule has 0 amide bonds. The van der Waals surface area contributed by atoms with Crippen LogP contribution in [0.5, 0.6) is 0 Å². The van der Waals surface area contributed by atoms with E-state index in [4.69, 9.17) is 9.47 Å². The molecule has 244 valence electrons. The molecule has 5 nitrogen and oxygen atoms in total. The normalized spacial score (nSPS) is 15.1. The van der Waals surface area contributed by atoms with Gasteiger partial charge in [0, 0.05) is 11.4 Å². The predicted molar refractivity (Wildman–Crippen MR) is 178 cm³/mol. The summed E-state index contributed by atoms with van der Waals surface area (Å²) in [6, 6.07) is 0. The van der Waals surface area contributed by atoms with Crippen LogP contribution in [0.25, 0.3) is 0 Å². The number of rotatable bonds is 28. The second-order valence-electron chi connectivity index (χ2n) is 12.7. The zero-order chi connectivity index (χ0) is 30.7. The average Bonchev–Trinajstić information content (AvgIpc) is 2.97. The van der Waals surface area contributed by atoms with E-state index in [1.54, 1.807) is 0 Å². The van der Waals surface area contributed by atoms with E-state index in [1.165, 1.54) is 128 Å².